The Labute approximate surface area is 151 Å². The van der Waals surface area contributed by atoms with Gasteiger partial charge in [0.25, 0.3) is 5.91 Å². The maximum Gasteiger partial charge on any atom is 0.252 e. The highest BCUT2D eigenvalue weighted by molar-refractivity contribution is 6.07. The maximum atomic E-state index is 12.8. The molecule has 0 saturated carbocycles. The van der Waals surface area contributed by atoms with Crippen LogP contribution in [0.1, 0.15) is 21.7 Å². The Kier molecular flexibility index (Phi) is 4.23. The van der Waals surface area contributed by atoms with Gasteiger partial charge in [0.2, 0.25) is 0 Å². The highest BCUT2D eigenvalue weighted by Gasteiger charge is 2.14. The number of benzene rings is 2. The van der Waals surface area contributed by atoms with E-state index in [4.69, 9.17) is 9.40 Å². The Balaban J connectivity index is 1.77. The second kappa shape index (κ2) is 6.84. The maximum absolute atomic E-state index is 12.8. The molecular weight excluding hydrogens is 324 g/mol. The highest BCUT2D eigenvalue weighted by atomic mass is 16.3. The fourth-order valence-electron chi connectivity index (χ4n) is 3.04. The number of aryl methyl sites for hydroxylation is 1. The molecule has 0 atom stereocenters. The van der Waals surface area contributed by atoms with Crippen LogP contribution in [-0.2, 0) is 6.54 Å². The van der Waals surface area contributed by atoms with Crippen molar-refractivity contribution in [1.82, 2.24) is 10.3 Å². The summed E-state index contributed by atoms with van der Waals surface area (Å²) < 4.78 is 5.29. The zero-order valence-electron chi connectivity index (χ0n) is 14.4. The van der Waals surface area contributed by atoms with Gasteiger partial charge in [-0.1, -0.05) is 42.5 Å². The monoisotopic (exact) mass is 342 g/mol. The van der Waals surface area contributed by atoms with Gasteiger partial charge in [0.15, 0.2) is 0 Å². The van der Waals surface area contributed by atoms with E-state index in [2.05, 4.69) is 5.32 Å². The summed E-state index contributed by atoms with van der Waals surface area (Å²) in [6.45, 7) is 2.39. The number of amides is 1. The first-order valence-corrected chi connectivity index (χ1v) is 8.49. The van der Waals surface area contributed by atoms with Crippen molar-refractivity contribution in [3.8, 4) is 11.3 Å². The van der Waals surface area contributed by atoms with Gasteiger partial charge in [0.05, 0.1) is 29.6 Å². The third kappa shape index (κ3) is 3.09. The predicted molar refractivity (Wildman–Crippen MR) is 102 cm³/mol. The second-order valence-electron chi connectivity index (χ2n) is 6.15. The Hall–Kier alpha value is -3.40. The SMILES string of the molecule is Cc1ccccc1-c1cc(C(=O)NCc2ccco2)c2ccccc2n1. The van der Waals surface area contributed by atoms with Crippen LogP contribution in [0.3, 0.4) is 0 Å². The van der Waals surface area contributed by atoms with Crippen molar-refractivity contribution in [2.75, 3.05) is 0 Å². The van der Waals surface area contributed by atoms with Crippen LogP contribution in [0.15, 0.2) is 77.4 Å². The number of carbonyl (C=O) groups excluding carboxylic acids is 1. The van der Waals surface area contributed by atoms with Crippen molar-refractivity contribution in [3.05, 3.63) is 89.9 Å². The van der Waals surface area contributed by atoms with Crippen molar-refractivity contribution in [3.63, 3.8) is 0 Å². The lowest BCUT2D eigenvalue weighted by Crippen LogP contribution is -2.23. The van der Waals surface area contributed by atoms with Crippen molar-refractivity contribution in [1.29, 1.82) is 0 Å². The van der Waals surface area contributed by atoms with Crippen LogP contribution in [0.4, 0.5) is 0 Å². The molecule has 0 spiro atoms. The van der Waals surface area contributed by atoms with Crippen molar-refractivity contribution in [2.45, 2.75) is 13.5 Å². The molecule has 0 bridgehead atoms. The number of nitrogens with one attached hydrogen (secondary N) is 1. The van der Waals surface area contributed by atoms with Gasteiger partial charge < -0.3 is 9.73 Å². The fraction of sp³-hybridized carbons (Fsp3) is 0.0909. The van der Waals surface area contributed by atoms with Gasteiger partial charge in [-0.3, -0.25) is 4.79 Å². The molecule has 0 saturated heterocycles. The molecule has 1 amide bonds. The van der Waals surface area contributed by atoms with E-state index in [0.29, 0.717) is 12.1 Å². The summed E-state index contributed by atoms with van der Waals surface area (Å²) in [5, 5.41) is 3.76. The molecular formula is C22H18N2O2. The summed E-state index contributed by atoms with van der Waals surface area (Å²) in [7, 11) is 0. The minimum Gasteiger partial charge on any atom is -0.467 e. The quantitative estimate of drug-likeness (QED) is 0.583. The van der Waals surface area contributed by atoms with Crippen molar-refractivity contribution in [2.24, 2.45) is 0 Å². The van der Waals surface area contributed by atoms with Crippen LogP contribution in [0.5, 0.6) is 0 Å². The third-order valence-corrected chi connectivity index (χ3v) is 4.39. The number of para-hydroxylation sites is 1. The lowest BCUT2D eigenvalue weighted by molar-refractivity contribution is 0.0949. The third-order valence-electron chi connectivity index (χ3n) is 4.39. The van der Waals surface area contributed by atoms with Crippen molar-refractivity contribution >= 4 is 16.8 Å². The van der Waals surface area contributed by atoms with Gasteiger partial charge in [0, 0.05) is 10.9 Å². The lowest BCUT2D eigenvalue weighted by atomic mass is 10.0. The smallest absolute Gasteiger partial charge is 0.252 e. The molecule has 2 heterocycles. The van der Waals surface area contributed by atoms with Crippen LogP contribution in [0.2, 0.25) is 0 Å². The number of carbonyl (C=O) groups is 1. The van der Waals surface area contributed by atoms with Crippen LogP contribution >= 0.6 is 0 Å². The number of hydrogen-bond donors (Lipinski definition) is 1. The number of pyridine rings is 1. The zero-order chi connectivity index (χ0) is 17.9. The lowest BCUT2D eigenvalue weighted by Gasteiger charge is -2.11. The van der Waals surface area contributed by atoms with E-state index < -0.39 is 0 Å². The minimum absolute atomic E-state index is 0.144. The van der Waals surface area contributed by atoms with Gasteiger partial charge in [-0.05, 0) is 36.8 Å². The molecule has 0 fully saturated rings. The number of aromatic nitrogens is 1. The molecule has 4 aromatic rings. The van der Waals surface area contributed by atoms with Gasteiger partial charge in [-0.25, -0.2) is 4.98 Å². The van der Waals surface area contributed by atoms with E-state index in [0.717, 1.165) is 33.5 Å². The van der Waals surface area contributed by atoms with E-state index in [1.54, 1.807) is 12.3 Å². The van der Waals surface area contributed by atoms with Crippen LogP contribution in [-0.4, -0.2) is 10.9 Å². The molecule has 1 N–H and O–H groups in total. The molecule has 4 heteroatoms. The number of rotatable bonds is 4. The summed E-state index contributed by atoms with van der Waals surface area (Å²) in [5.74, 6) is 0.575. The predicted octanol–water partition coefficient (Wildman–Crippen LogP) is 4.73. The average Bonchev–Trinajstić information content (AvgIpc) is 3.19. The summed E-state index contributed by atoms with van der Waals surface area (Å²) in [5.41, 5.74) is 4.36. The van der Waals surface area contributed by atoms with E-state index in [-0.39, 0.29) is 5.91 Å². The van der Waals surface area contributed by atoms with E-state index >= 15 is 0 Å². The fourth-order valence-corrected chi connectivity index (χ4v) is 3.04. The van der Waals surface area contributed by atoms with Crippen LogP contribution in [0.25, 0.3) is 22.2 Å². The second-order valence-corrected chi connectivity index (χ2v) is 6.15. The standard InChI is InChI=1S/C22H18N2O2/c1-15-7-2-3-9-17(15)21-13-19(18-10-4-5-11-20(18)24-21)22(25)23-14-16-8-6-12-26-16/h2-13H,14H2,1H3,(H,23,25). The molecule has 0 radical (unpaired) electrons. The van der Waals surface area contributed by atoms with Gasteiger partial charge in [0.1, 0.15) is 5.76 Å². The minimum atomic E-state index is -0.144. The number of fused-ring (bicyclic) bond motifs is 1. The molecule has 128 valence electrons. The molecule has 26 heavy (non-hydrogen) atoms. The zero-order valence-corrected chi connectivity index (χ0v) is 14.4. The molecule has 4 rings (SSSR count). The van der Waals surface area contributed by atoms with Crippen LogP contribution < -0.4 is 5.32 Å². The van der Waals surface area contributed by atoms with E-state index in [9.17, 15) is 4.79 Å². The average molecular weight is 342 g/mol. The molecule has 0 aliphatic rings. The Morgan fingerprint density at radius 1 is 1.04 bits per heavy atom. The van der Waals surface area contributed by atoms with Gasteiger partial charge >= 0.3 is 0 Å². The molecule has 0 aliphatic carbocycles. The Morgan fingerprint density at radius 2 is 1.85 bits per heavy atom. The molecule has 2 aromatic heterocycles. The molecule has 0 aliphatic heterocycles. The van der Waals surface area contributed by atoms with Crippen molar-refractivity contribution < 1.29 is 9.21 Å². The topological polar surface area (TPSA) is 55.1 Å². The number of nitrogens with zero attached hydrogens (tertiary/aromatic N) is 1. The number of furan rings is 1. The van der Waals surface area contributed by atoms with Gasteiger partial charge in [-0.2, -0.15) is 0 Å². The normalized spacial score (nSPS) is 10.8. The first-order chi connectivity index (χ1) is 12.7. The molecule has 0 unspecified atom stereocenters. The van der Waals surface area contributed by atoms with E-state index in [1.165, 1.54) is 0 Å². The summed E-state index contributed by atoms with van der Waals surface area (Å²) >= 11 is 0. The number of hydrogen-bond acceptors (Lipinski definition) is 3. The first kappa shape index (κ1) is 16.1. The largest absolute Gasteiger partial charge is 0.467 e. The first-order valence-electron chi connectivity index (χ1n) is 8.49. The summed E-state index contributed by atoms with van der Waals surface area (Å²) in [4.78, 5) is 17.6. The van der Waals surface area contributed by atoms with Gasteiger partial charge in [-0.15, -0.1) is 0 Å². The summed E-state index contributed by atoms with van der Waals surface area (Å²) in [6, 6.07) is 21.3. The van der Waals surface area contributed by atoms with E-state index in [1.807, 2.05) is 67.6 Å². The highest BCUT2D eigenvalue weighted by Crippen LogP contribution is 2.27. The molecule has 2 aromatic carbocycles. The van der Waals surface area contributed by atoms with Crippen LogP contribution in [0, 0.1) is 6.92 Å². The Bertz CT molecular complexity index is 1070. The Morgan fingerprint density at radius 3 is 2.65 bits per heavy atom. The summed E-state index contributed by atoms with van der Waals surface area (Å²) in [6.07, 6.45) is 1.60. The molecule has 4 nitrogen and oxygen atoms in total.